The molecule has 1 aromatic carbocycles. The molecule has 0 radical (unpaired) electrons. The van der Waals surface area contributed by atoms with Crippen molar-refractivity contribution in [3.05, 3.63) is 35.9 Å². The van der Waals surface area contributed by atoms with Crippen LogP contribution in [0.5, 0.6) is 0 Å². The summed E-state index contributed by atoms with van der Waals surface area (Å²) in [4.78, 5) is 52.8. The molecule has 0 unspecified atom stereocenters. The standard InChI is InChI=1S/C23H31N3O5/c1-16(2)25(13-18-10-5-4-6-11-18)19(27)15-31-20(28)14-26-21(29)23(24-22(26)30)12-8-7-9-17(23)3/h4-6,10-11,16-17H,7-9,12-15H2,1-3H3,(H,24,30)/t17-,23-/m1/s1. The van der Waals surface area contributed by atoms with Crippen molar-refractivity contribution in [3.63, 3.8) is 0 Å². The van der Waals surface area contributed by atoms with E-state index in [1.165, 1.54) is 0 Å². The molecule has 8 heteroatoms. The lowest BCUT2D eigenvalue weighted by Gasteiger charge is -2.36. The maximum Gasteiger partial charge on any atom is 0.326 e. The summed E-state index contributed by atoms with van der Waals surface area (Å²) >= 11 is 0. The number of ether oxygens (including phenoxy) is 1. The first-order valence-electron chi connectivity index (χ1n) is 10.9. The molecule has 0 bridgehead atoms. The van der Waals surface area contributed by atoms with Crippen LogP contribution in [0.1, 0.15) is 52.0 Å². The van der Waals surface area contributed by atoms with Crippen molar-refractivity contribution in [2.75, 3.05) is 13.2 Å². The number of benzene rings is 1. The van der Waals surface area contributed by atoms with E-state index in [2.05, 4.69) is 5.32 Å². The van der Waals surface area contributed by atoms with Crippen LogP contribution in [0.3, 0.4) is 0 Å². The third kappa shape index (κ3) is 4.89. The van der Waals surface area contributed by atoms with Crippen molar-refractivity contribution in [1.82, 2.24) is 15.1 Å². The van der Waals surface area contributed by atoms with E-state index >= 15 is 0 Å². The third-order valence-electron chi connectivity index (χ3n) is 6.28. The van der Waals surface area contributed by atoms with Crippen LogP contribution in [-0.2, 0) is 25.7 Å². The van der Waals surface area contributed by atoms with E-state index in [4.69, 9.17) is 4.74 Å². The maximum absolute atomic E-state index is 12.9. The first-order valence-corrected chi connectivity index (χ1v) is 10.9. The molecule has 31 heavy (non-hydrogen) atoms. The first-order chi connectivity index (χ1) is 14.7. The molecule has 3 rings (SSSR count). The molecule has 1 N–H and O–H groups in total. The number of urea groups is 1. The monoisotopic (exact) mass is 429 g/mol. The van der Waals surface area contributed by atoms with Gasteiger partial charge in [-0.2, -0.15) is 0 Å². The number of esters is 1. The van der Waals surface area contributed by atoms with Crippen LogP contribution >= 0.6 is 0 Å². The number of imide groups is 1. The minimum atomic E-state index is -0.921. The lowest BCUT2D eigenvalue weighted by atomic mass is 9.73. The highest BCUT2D eigenvalue weighted by molar-refractivity contribution is 6.09. The van der Waals surface area contributed by atoms with Gasteiger partial charge in [0.05, 0.1) is 0 Å². The third-order valence-corrected chi connectivity index (χ3v) is 6.28. The number of hydrogen-bond donors (Lipinski definition) is 1. The van der Waals surface area contributed by atoms with Crippen LogP contribution in [-0.4, -0.2) is 58.3 Å². The predicted molar refractivity (Wildman–Crippen MR) is 114 cm³/mol. The van der Waals surface area contributed by atoms with E-state index in [1.54, 1.807) is 4.90 Å². The average Bonchev–Trinajstić information content (AvgIpc) is 2.98. The van der Waals surface area contributed by atoms with Crippen molar-refractivity contribution in [2.45, 2.75) is 64.6 Å². The molecule has 1 saturated carbocycles. The topological polar surface area (TPSA) is 96.0 Å². The van der Waals surface area contributed by atoms with Gasteiger partial charge in [-0.05, 0) is 38.2 Å². The van der Waals surface area contributed by atoms with Crippen LogP contribution in [0.4, 0.5) is 4.79 Å². The Kier molecular flexibility index (Phi) is 6.97. The average molecular weight is 430 g/mol. The largest absolute Gasteiger partial charge is 0.454 e. The molecule has 1 heterocycles. The molecule has 1 aliphatic heterocycles. The molecule has 168 valence electrons. The Morgan fingerprint density at radius 3 is 2.58 bits per heavy atom. The number of amides is 4. The molecule has 2 fully saturated rings. The lowest BCUT2D eigenvalue weighted by Crippen LogP contribution is -2.54. The van der Waals surface area contributed by atoms with Crippen molar-refractivity contribution >= 4 is 23.8 Å². The van der Waals surface area contributed by atoms with Gasteiger partial charge in [-0.25, -0.2) is 4.79 Å². The Labute approximate surface area is 182 Å². The first kappa shape index (κ1) is 22.8. The molecule has 2 atom stereocenters. The summed E-state index contributed by atoms with van der Waals surface area (Å²) < 4.78 is 5.13. The number of nitrogens with zero attached hydrogens (tertiary/aromatic N) is 2. The van der Waals surface area contributed by atoms with Crippen LogP contribution < -0.4 is 5.32 Å². The van der Waals surface area contributed by atoms with Gasteiger partial charge in [-0.1, -0.05) is 50.1 Å². The zero-order valence-electron chi connectivity index (χ0n) is 18.4. The Balaban J connectivity index is 1.56. The van der Waals surface area contributed by atoms with Gasteiger partial charge in [0.1, 0.15) is 12.1 Å². The van der Waals surface area contributed by atoms with E-state index in [0.29, 0.717) is 13.0 Å². The fraction of sp³-hybridized carbons (Fsp3) is 0.565. The molecule has 1 spiro atoms. The number of rotatable bonds is 7. The zero-order chi connectivity index (χ0) is 22.6. The summed E-state index contributed by atoms with van der Waals surface area (Å²) in [6.07, 6.45) is 3.30. The number of carbonyl (C=O) groups is 4. The summed E-state index contributed by atoms with van der Waals surface area (Å²) in [6, 6.07) is 8.90. The van der Waals surface area contributed by atoms with Crippen LogP contribution in [0.15, 0.2) is 30.3 Å². The molecular formula is C23H31N3O5. The van der Waals surface area contributed by atoms with E-state index in [1.807, 2.05) is 51.1 Å². The Hall–Kier alpha value is -2.90. The summed E-state index contributed by atoms with van der Waals surface area (Å²) in [5.41, 5.74) is 0.0531. The van der Waals surface area contributed by atoms with Gasteiger partial charge in [0, 0.05) is 12.6 Å². The van der Waals surface area contributed by atoms with Crippen LogP contribution in [0, 0.1) is 5.92 Å². The summed E-state index contributed by atoms with van der Waals surface area (Å²) in [6.45, 7) is 5.20. The van der Waals surface area contributed by atoms with Gasteiger partial charge in [0.2, 0.25) is 0 Å². The summed E-state index contributed by atoms with van der Waals surface area (Å²) in [5.74, 6) is -1.47. The van der Waals surface area contributed by atoms with Gasteiger partial charge in [-0.15, -0.1) is 0 Å². The number of hydrogen-bond acceptors (Lipinski definition) is 5. The molecule has 4 amide bonds. The molecule has 1 aliphatic carbocycles. The minimum Gasteiger partial charge on any atom is -0.454 e. The van der Waals surface area contributed by atoms with Crippen molar-refractivity contribution in [2.24, 2.45) is 5.92 Å². The molecule has 2 aliphatic rings. The molecule has 8 nitrogen and oxygen atoms in total. The highest BCUT2D eigenvalue weighted by Gasteiger charge is 2.55. The number of carbonyl (C=O) groups excluding carboxylic acids is 4. The Morgan fingerprint density at radius 2 is 1.94 bits per heavy atom. The molecule has 0 aromatic heterocycles. The van der Waals surface area contributed by atoms with Crippen molar-refractivity contribution in [3.8, 4) is 0 Å². The normalized spacial score (nSPS) is 23.2. The van der Waals surface area contributed by atoms with Crippen LogP contribution in [0.25, 0.3) is 0 Å². The van der Waals surface area contributed by atoms with Gasteiger partial charge >= 0.3 is 12.0 Å². The van der Waals surface area contributed by atoms with E-state index < -0.39 is 30.7 Å². The smallest absolute Gasteiger partial charge is 0.326 e. The highest BCUT2D eigenvalue weighted by atomic mass is 16.5. The van der Waals surface area contributed by atoms with Crippen molar-refractivity contribution in [1.29, 1.82) is 0 Å². The second-order valence-corrected chi connectivity index (χ2v) is 8.70. The molecular weight excluding hydrogens is 398 g/mol. The minimum absolute atomic E-state index is 0.0119. The number of nitrogens with one attached hydrogen (secondary N) is 1. The fourth-order valence-corrected chi connectivity index (χ4v) is 4.38. The Morgan fingerprint density at radius 1 is 1.23 bits per heavy atom. The van der Waals surface area contributed by atoms with E-state index in [9.17, 15) is 19.2 Å². The fourth-order valence-electron chi connectivity index (χ4n) is 4.38. The summed E-state index contributed by atoms with van der Waals surface area (Å²) in [7, 11) is 0. The second-order valence-electron chi connectivity index (χ2n) is 8.70. The maximum atomic E-state index is 12.9. The lowest BCUT2D eigenvalue weighted by molar-refractivity contribution is -0.155. The van der Waals surface area contributed by atoms with Crippen molar-refractivity contribution < 1.29 is 23.9 Å². The van der Waals surface area contributed by atoms with Crippen LogP contribution in [0.2, 0.25) is 0 Å². The zero-order valence-corrected chi connectivity index (χ0v) is 18.4. The van der Waals surface area contributed by atoms with E-state index in [0.717, 1.165) is 29.7 Å². The highest BCUT2D eigenvalue weighted by Crippen LogP contribution is 2.38. The molecule has 1 saturated heterocycles. The quantitative estimate of drug-likeness (QED) is 0.531. The second kappa shape index (κ2) is 9.49. The predicted octanol–water partition coefficient (Wildman–Crippen LogP) is 2.47. The summed E-state index contributed by atoms with van der Waals surface area (Å²) in [5, 5.41) is 2.80. The van der Waals surface area contributed by atoms with Gasteiger partial charge in [0.15, 0.2) is 6.61 Å². The van der Waals surface area contributed by atoms with Gasteiger partial charge in [0.25, 0.3) is 11.8 Å². The molecule has 1 aromatic rings. The SMILES string of the molecule is CC(C)N(Cc1ccccc1)C(=O)COC(=O)CN1C(=O)N[C@@]2(CCCC[C@H]2C)C1=O. The van der Waals surface area contributed by atoms with Gasteiger partial charge < -0.3 is 15.0 Å². The van der Waals surface area contributed by atoms with Gasteiger partial charge in [-0.3, -0.25) is 19.3 Å². The van der Waals surface area contributed by atoms with E-state index in [-0.39, 0.29) is 23.8 Å². The Bertz CT molecular complexity index is 841.